The van der Waals surface area contributed by atoms with Gasteiger partial charge in [-0.1, -0.05) is 0 Å². The molecule has 1 saturated heterocycles. The lowest BCUT2D eigenvalue weighted by molar-refractivity contribution is -0.139. The summed E-state index contributed by atoms with van der Waals surface area (Å²) in [6.45, 7) is 5.11. The Bertz CT molecular complexity index is 739. The van der Waals surface area contributed by atoms with Crippen LogP contribution in [0, 0.1) is 25.5 Å². The van der Waals surface area contributed by atoms with E-state index in [1.807, 2.05) is 19.9 Å². The first kappa shape index (κ1) is 17.0. The van der Waals surface area contributed by atoms with Crippen LogP contribution in [0.25, 0.3) is 0 Å². The molecular weight excluding hydrogens is 332 g/mol. The molecule has 0 radical (unpaired) electrons. The Morgan fingerprint density at radius 1 is 1.25 bits per heavy atom. The van der Waals surface area contributed by atoms with Gasteiger partial charge in [-0.15, -0.1) is 11.3 Å². The zero-order valence-electron chi connectivity index (χ0n) is 13.6. The Hall–Kier alpha value is -1.79. The number of rotatable bonds is 3. The van der Waals surface area contributed by atoms with Gasteiger partial charge in [-0.3, -0.25) is 4.79 Å². The van der Waals surface area contributed by atoms with E-state index in [9.17, 15) is 13.6 Å². The monoisotopic (exact) mass is 351 g/mol. The van der Waals surface area contributed by atoms with Crippen molar-refractivity contribution in [2.24, 2.45) is 0 Å². The van der Waals surface area contributed by atoms with E-state index in [1.165, 1.54) is 17.0 Å². The molecule has 0 spiro atoms. The highest BCUT2D eigenvalue weighted by Gasteiger charge is 2.29. The van der Waals surface area contributed by atoms with Crippen molar-refractivity contribution in [1.29, 1.82) is 0 Å². The minimum absolute atomic E-state index is 0.0473. The predicted octanol–water partition coefficient (Wildman–Crippen LogP) is 3.79. The molecule has 3 nitrogen and oxygen atoms in total. The molecule has 2 aromatic rings. The van der Waals surface area contributed by atoms with Crippen molar-refractivity contribution in [2.45, 2.75) is 26.3 Å². The summed E-state index contributed by atoms with van der Waals surface area (Å²) in [6, 6.07) is 4.92. The average molecular weight is 351 g/mol. The van der Waals surface area contributed by atoms with Crippen LogP contribution in [0.1, 0.15) is 26.9 Å². The summed E-state index contributed by atoms with van der Waals surface area (Å²) in [5, 5.41) is 0. The fraction of sp³-hybridized carbons (Fsp3) is 0.389. The van der Waals surface area contributed by atoms with Crippen molar-refractivity contribution >= 4 is 17.2 Å². The molecule has 1 fully saturated rings. The van der Waals surface area contributed by atoms with Crippen LogP contribution in [-0.4, -0.2) is 30.6 Å². The van der Waals surface area contributed by atoms with E-state index in [0.29, 0.717) is 25.1 Å². The highest BCUT2D eigenvalue weighted by molar-refractivity contribution is 7.12. The van der Waals surface area contributed by atoms with Gasteiger partial charge in [0, 0.05) is 22.4 Å². The quantitative estimate of drug-likeness (QED) is 0.842. The minimum atomic E-state index is -0.646. The lowest BCUT2D eigenvalue weighted by Crippen LogP contribution is -2.44. The molecule has 128 valence electrons. The van der Waals surface area contributed by atoms with Crippen LogP contribution in [0.2, 0.25) is 0 Å². The topological polar surface area (TPSA) is 29.5 Å². The predicted molar refractivity (Wildman–Crippen MR) is 89.1 cm³/mol. The van der Waals surface area contributed by atoms with E-state index in [2.05, 4.69) is 0 Å². The fourth-order valence-electron chi connectivity index (χ4n) is 3.07. The van der Waals surface area contributed by atoms with Gasteiger partial charge in [-0.05, 0) is 43.2 Å². The van der Waals surface area contributed by atoms with Gasteiger partial charge in [0.15, 0.2) is 0 Å². The van der Waals surface area contributed by atoms with Crippen molar-refractivity contribution in [1.82, 2.24) is 4.90 Å². The number of nitrogens with zero attached hydrogens (tertiary/aromatic N) is 1. The molecule has 2 heterocycles. The van der Waals surface area contributed by atoms with E-state index >= 15 is 0 Å². The number of carbonyl (C=O) groups excluding carboxylic acids is 1. The minimum Gasteiger partial charge on any atom is -0.377 e. The lowest BCUT2D eigenvalue weighted by Gasteiger charge is -2.36. The highest BCUT2D eigenvalue weighted by atomic mass is 32.1. The smallest absolute Gasteiger partial charge is 0.227 e. The molecule has 1 aliphatic rings. The summed E-state index contributed by atoms with van der Waals surface area (Å²) in [5.74, 6) is -1.34. The Labute approximate surface area is 143 Å². The third-order valence-electron chi connectivity index (χ3n) is 4.20. The van der Waals surface area contributed by atoms with Crippen molar-refractivity contribution in [3.63, 3.8) is 0 Å². The van der Waals surface area contributed by atoms with Gasteiger partial charge >= 0.3 is 0 Å². The van der Waals surface area contributed by atoms with E-state index < -0.39 is 17.7 Å². The summed E-state index contributed by atoms with van der Waals surface area (Å²) < 4.78 is 32.5. The Morgan fingerprint density at radius 2 is 1.96 bits per heavy atom. The van der Waals surface area contributed by atoms with Gasteiger partial charge in [0.1, 0.15) is 11.6 Å². The van der Waals surface area contributed by atoms with Gasteiger partial charge in [-0.25, -0.2) is 8.78 Å². The zero-order chi connectivity index (χ0) is 17.3. The number of benzene rings is 1. The van der Waals surface area contributed by atoms with Crippen LogP contribution in [0.5, 0.6) is 0 Å². The molecule has 1 unspecified atom stereocenters. The molecule has 3 rings (SSSR count). The molecule has 0 N–H and O–H groups in total. The van der Waals surface area contributed by atoms with Crippen molar-refractivity contribution < 1.29 is 18.3 Å². The van der Waals surface area contributed by atoms with Crippen LogP contribution in [0.15, 0.2) is 24.3 Å². The number of thiophene rings is 1. The summed E-state index contributed by atoms with van der Waals surface area (Å²) >= 11 is 1.66. The number of morpholine rings is 1. The number of halogens is 2. The second-order valence-corrected chi connectivity index (χ2v) is 7.46. The second-order valence-electron chi connectivity index (χ2n) is 6.00. The number of amides is 1. The van der Waals surface area contributed by atoms with Gasteiger partial charge < -0.3 is 9.64 Å². The molecule has 24 heavy (non-hydrogen) atoms. The van der Waals surface area contributed by atoms with Crippen molar-refractivity contribution in [3.05, 3.63) is 56.8 Å². The van der Waals surface area contributed by atoms with Crippen LogP contribution in [-0.2, 0) is 16.0 Å². The van der Waals surface area contributed by atoms with E-state index in [4.69, 9.17) is 4.74 Å². The maximum atomic E-state index is 13.5. The first-order chi connectivity index (χ1) is 11.4. The third-order valence-corrected chi connectivity index (χ3v) is 5.21. The Kier molecular flexibility index (Phi) is 4.96. The number of ether oxygens (including phenoxy) is 1. The van der Waals surface area contributed by atoms with Gasteiger partial charge in [0.2, 0.25) is 5.91 Å². The largest absolute Gasteiger partial charge is 0.377 e. The molecule has 6 heteroatoms. The van der Waals surface area contributed by atoms with Gasteiger partial charge in [0.25, 0.3) is 0 Å². The Balaban J connectivity index is 1.83. The normalized spacial score (nSPS) is 18.0. The molecule has 0 bridgehead atoms. The van der Waals surface area contributed by atoms with Crippen LogP contribution in [0.3, 0.4) is 0 Å². The van der Waals surface area contributed by atoms with Gasteiger partial charge in [0.05, 0.1) is 25.7 Å². The number of aryl methyl sites for hydroxylation is 2. The molecule has 1 aliphatic heterocycles. The molecule has 1 aromatic carbocycles. The van der Waals surface area contributed by atoms with Crippen LogP contribution < -0.4 is 0 Å². The van der Waals surface area contributed by atoms with Crippen LogP contribution in [0.4, 0.5) is 8.78 Å². The summed E-state index contributed by atoms with van der Waals surface area (Å²) in [4.78, 5) is 16.7. The Morgan fingerprint density at radius 3 is 2.58 bits per heavy atom. The number of hydrogen-bond acceptors (Lipinski definition) is 3. The summed E-state index contributed by atoms with van der Waals surface area (Å²) in [6.07, 6.45) is 0.296. The zero-order valence-corrected chi connectivity index (χ0v) is 14.5. The van der Waals surface area contributed by atoms with Crippen molar-refractivity contribution in [3.8, 4) is 0 Å². The number of hydrogen-bond donors (Lipinski definition) is 0. The summed E-state index contributed by atoms with van der Waals surface area (Å²) in [5.41, 5.74) is 1.44. The maximum absolute atomic E-state index is 13.5. The SMILES string of the molecule is Cc1cc(CC(=O)N2CCOCC2c2cc(F)cc(F)c2)c(C)s1. The molecule has 1 amide bonds. The summed E-state index contributed by atoms with van der Waals surface area (Å²) in [7, 11) is 0. The highest BCUT2D eigenvalue weighted by Crippen LogP contribution is 2.28. The first-order valence-electron chi connectivity index (χ1n) is 7.83. The average Bonchev–Trinajstić information content (AvgIpc) is 2.84. The maximum Gasteiger partial charge on any atom is 0.227 e. The number of carbonyl (C=O) groups is 1. The third kappa shape index (κ3) is 3.65. The van der Waals surface area contributed by atoms with E-state index in [0.717, 1.165) is 16.5 Å². The molecule has 0 saturated carbocycles. The molecule has 1 aromatic heterocycles. The lowest BCUT2D eigenvalue weighted by atomic mass is 10.0. The van der Waals surface area contributed by atoms with Crippen LogP contribution >= 0.6 is 11.3 Å². The standard InChI is InChI=1S/C18H19F2NO2S/c1-11-5-13(12(2)24-11)8-18(22)21-3-4-23-10-17(21)14-6-15(19)9-16(20)7-14/h5-7,9,17H,3-4,8,10H2,1-2H3. The van der Waals surface area contributed by atoms with Gasteiger partial charge in [-0.2, -0.15) is 0 Å². The van der Waals surface area contributed by atoms with Crippen molar-refractivity contribution in [2.75, 3.05) is 19.8 Å². The molecular formula is C18H19F2NO2S. The molecule has 0 aliphatic carbocycles. The van der Waals surface area contributed by atoms with E-state index in [1.54, 1.807) is 16.2 Å². The fourth-order valence-corrected chi connectivity index (χ4v) is 4.02. The first-order valence-corrected chi connectivity index (χ1v) is 8.65. The van der Waals surface area contributed by atoms with E-state index in [-0.39, 0.29) is 12.5 Å². The second kappa shape index (κ2) is 6.99. The molecule has 1 atom stereocenters.